The molecule has 8 nitrogen and oxygen atoms in total. The number of ether oxygens (including phenoxy) is 2. The number of carbonyl (C=O) groups is 3. The average Bonchev–Trinajstić information content (AvgIpc) is 3.38. The molecular formula is C28H43BrN2O6. The first-order valence-electron chi connectivity index (χ1n) is 13.2. The highest BCUT2D eigenvalue weighted by molar-refractivity contribution is 9.09. The number of amides is 2. The van der Waals surface area contributed by atoms with Crippen LogP contribution in [0.4, 0.5) is 0 Å². The minimum Gasteiger partial charge on any atom is -0.461 e. The number of hydrogen-bond acceptors (Lipinski definition) is 6. The molecule has 3 aliphatic heterocycles. The molecule has 9 heteroatoms. The highest BCUT2D eigenvalue weighted by Gasteiger charge is 2.77. The van der Waals surface area contributed by atoms with Crippen molar-refractivity contribution in [3.63, 3.8) is 0 Å². The zero-order valence-electron chi connectivity index (χ0n) is 23.0. The first-order chi connectivity index (χ1) is 17.2. The van der Waals surface area contributed by atoms with Gasteiger partial charge >= 0.3 is 5.97 Å². The Morgan fingerprint density at radius 2 is 1.95 bits per heavy atom. The van der Waals surface area contributed by atoms with Crippen LogP contribution in [0.1, 0.15) is 60.8 Å². The summed E-state index contributed by atoms with van der Waals surface area (Å²) in [7, 11) is 0. The molecule has 208 valence electrons. The van der Waals surface area contributed by atoms with Gasteiger partial charge in [0.25, 0.3) is 0 Å². The van der Waals surface area contributed by atoms with E-state index in [9.17, 15) is 19.5 Å². The molecule has 3 unspecified atom stereocenters. The number of likely N-dealkylation sites (tertiary alicyclic amines) is 1. The van der Waals surface area contributed by atoms with Gasteiger partial charge in [0.05, 0.1) is 30.6 Å². The number of aliphatic hydroxyl groups excluding tert-OH is 1. The minimum atomic E-state index is -1.20. The van der Waals surface area contributed by atoms with E-state index in [1.165, 1.54) is 11.0 Å². The lowest BCUT2D eigenvalue weighted by Gasteiger charge is -2.46. The monoisotopic (exact) mass is 582 g/mol. The normalized spacial score (nSPS) is 31.7. The van der Waals surface area contributed by atoms with Crippen molar-refractivity contribution in [1.82, 2.24) is 9.80 Å². The van der Waals surface area contributed by atoms with Crippen LogP contribution in [0, 0.1) is 17.3 Å². The van der Waals surface area contributed by atoms with Crippen LogP contribution in [0.25, 0.3) is 0 Å². The van der Waals surface area contributed by atoms with Gasteiger partial charge in [-0.1, -0.05) is 62.4 Å². The minimum absolute atomic E-state index is 0.0251. The van der Waals surface area contributed by atoms with Crippen LogP contribution in [-0.2, 0) is 23.9 Å². The zero-order valence-corrected chi connectivity index (χ0v) is 24.6. The largest absolute Gasteiger partial charge is 0.461 e. The molecule has 0 saturated carbocycles. The lowest BCUT2D eigenvalue weighted by atomic mass is 9.70. The summed E-state index contributed by atoms with van der Waals surface area (Å²) in [5.74, 6) is -2.84. The molecule has 1 spiro atoms. The summed E-state index contributed by atoms with van der Waals surface area (Å²) in [4.78, 5) is 44.9. The molecule has 3 aliphatic rings. The van der Waals surface area contributed by atoms with E-state index in [1.807, 2.05) is 20.8 Å². The number of esters is 1. The third kappa shape index (κ3) is 5.15. The fraction of sp³-hybridized carbons (Fsp3) is 0.750. The van der Waals surface area contributed by atoms with Crippen LogP contribution in [0.15, 0.2) is 25.3 Å². The molecule has 1 N–H and O–H groups in total. The maximum absolute atomic E-state index is 14.6. The van der Waals surface area contributed by atoms with Crippen LogP contribution in [0.2, 0.25) is 0 Å². The summed E-state index contributed by atoms with van der Waals surface area (Å²) in [5, 5.41) is 10.2. The summed E-state index contributed by atoms with van der Waals surface area (Å²) in [6.07, 6.45) is 4.15. The molecule has 2 bridgehead atoms. The SMILES string of the molecule is C=CCOC(=O)[C@H]1[C@H]2C(=O)N([C@@H](CC)CO)C(C(=O)N(CC=C)C(C)(C)CC(C)(C)C)C23CC(Br)[C@@H]1O3. The molecule has 3 rings (SSSR count). The number of alkyl halides is 1. The summed E-state index contributed by atoms with van der Waals surface area (Å²) in [6.45, 7) is 19.8. The molecule has 0 radical (unpaired) electrons. The molecule has 3 heterocycles. The maximum atomic E-state index is 14.6. The van der Waals surface area contributed by atoms with Crippen molar-refractivity contribution in [3.8, 4) is 0 Å². The van der Waals surface area contributed by atoms with Gasteiger partial charge in [0, 0.05) is 16.9 Å². The van der Waals surface area contributed by atoms with Crippen molar-refractivity contribution in [2.75, 3.05) is 19.8 Å². The van der Waals surface area contributed by atoms with E-state index in [4.69, 9.17) is 9.47 Å². The average molecular weight is 584 g/mol. The van der Waals surface area contributed by atoms with Crippen molar-refractivity contribution in [3.05, 3.63) is 25.3 Å². The molecule has 3 fully saturated rings. The lowest BCUT2D eigenvalue weighted by molar-refractivity contribution is -0.157. The van der Waals surface area contributed by atoms with E-state index < -0.39 is 47.1 Å². The molecule has 7 atom stereocenters. The lowest BCUT2D eigenvalue weighted by Crippen LogP contribution is -2.62. The quantitative estimate of drug-likeness (QED) is 0.228. The Kier molecular flexibility index (Phi) is 8.72. The number of carbonyl (C=O) groups excluding carboxylic acids is 3. The van der Waals surface area contributed by atoms with Gasteiger partial charge in [-0.15, -0.1) is 6.58 Å². The molecule has 2 amide bonds. The van der Waals surface area contributed by atoms with Gasteiger partial charge in [-0.2, -0.15) is 0 Å². The van der Waals surface area contributed by atoms with Crippen LogP contribution in [-0.4, -0.2) is 86.6 Å². The third-order valence-electron chi connectivity index (χ3n) is 7.92. The van der Waals surface area contributed by atoms with Crippen LogP contribution in [0.5, 0.6) is 0 Å². The van der Waals surface area contributed by atoms with Crippen LogP contribution < -0.4 is 0 Å². The van der Waals surface area contributed by atoms with Gasteiger partial charge in [-0.25, -0.2) is 0 Å². The highest BCUT2D eigenvalue weighted by atomic mass is 79.9. The van der Waals surface area contributed by atoms with E-state index in [0.29, 0.717) is 19.4 Å². The van der Waals surface area contributed by atoms with Crippen molar-refractivity contribution < 1.29 is 29.0 Å². The Labute approximate surface area is 229 Å². The third-order valence-corrected chi connectivity index (χ3v) is 8.77. The molecule has 0 aliphatic carbocycles. The predicted octanol–water partition coefficient (Wildman–Crippen LogP) is 3.46. The fourth-order valence-electron chi connectivity index (χ4n) is 6.97. The predicted molar refractivity (Wildman–Crippen MR) is 145 cm³/mol. The Hall–Kier alpha value is -1.71. The second-order valence-corrected chi connectivity index (χ2v) is 13.5. The smallest absolute Gasteiger partial charge is 0.312 e. The first-order valence-corrected chi connectivity index (χ1v) is 14.1. The second kappa shape index (κ2) is 10.8. The van der Waals surface area contributed by atoms with Crippen molar-refractivity contribution in [2.45, 2.75) is 95.0 Å². The summed E-state index contributed by atoms with van der Waals surface area (Å²) in [5.41, 5.74) is -1.82. The van der Waals surface area contributed by atoms with Crippen LogP contribution in [0.3, 0.4) is 0 Å². The topological polar surface area (TPSA) is 96.4 Å². The van der Waals surface area contributed by atoms with Gasteiger partial charge in [-0.05, 0) is 38.5 Å². The standard InChI is InChI=1S/C28H43BrN2O6/c1-9-12-30(27(7,8)16-26(4,5)6)24(34)22-28-14-18(29)21(37-28)19(25(35)36-13-10-2)20(28)23(33)31(22)17(11-3)15-32/h9-10,17-22,32H,1-2,11-16H2,3-8H3/t17-,18?,19-,20-,21-,22?,28?/m0/s1. The number of hydrogen-bond donors (Lipinski definition) is 1. The summed E-state index contributed by atoms with van der Waals surface area (Å²) < 4.78 is 11.9. The molecule has 3 saturated heterocycles. The second-order valence-electron chi connectivity index (χ2n) is 12.4. The van der Waals surface area contributed by atoms with Crippen LogP contribution >= 0.6 is 15.9 Å². The first kappa shape index (κ1) is 29.8. The van der Waals surface area contributed by atoms with Crippen molar-refractivity contribution >= 4 is 33.7 Å². The van der Waals surface area contributed by atoms with E-state index in [1.54, 1.807) is 11.0 Å². The number of halogens is 1. The molecule has 0 aromatic rings. The zero-order chi connectivity index (χ0) is 27.9. The number of rotatable bonds is 11. The summed E-state index contributed by atoms with van der Waals surface area (Å²) >= 11 is 3.67. The Balaban J connectivity index is 2.14. The maximum Gasteiger partial charge on any atom is 0.312 e. The van der Waals surface area contributed by atoms with Crippen molar-refractivity contribution in [1.29, 1.82) is 0 Å². The fourth-order valence-corrected chi connectivity index (χ4v) is 7.91. The Morgan fingerprint density at radius 3 is 2.46 bits per heavy atom. The number of fused-ring (bicyclic) bond motifs is 1. The number of aliphatic hydroxyl groups is 1. The molecule has 37 heavy (non-hydrogen) atoms. The Bertz CT molecular complexity index is 926. The van der Waals surface area contributed by atoms with E-state index in [2.05, 4.69) is 49.9 Å². The van der Waals surface area contributed by atoms with Gasteiger partial charge in [0.15, 0.2) is 0 Å². The van der Waals surface area contributed by atoms with E-state index in [0.717, 1.165) is 6.42 Å². The molecule has 0 aromatic heterocycles. The summed E-state index contributed by atoms with van der Waals surface area (Å²) in [6, 6.07) is -1.57. The molecular weight excluding hydrogens is 540 g/mol. The number of nitrogens with zero attached hydrogens (tertiary/aromatic N) is 2. The van der Waals surface area contributed by atoms with E-state index in [-0.39, 0.29) is 35.3 Å². The van der Waals surface area contributed by atoms with E-state index >= 15 is 0 Å². The highest BCUT2D eigenvalue weighted by Crippen LogP contribution is 2.61. The van der Waals surface area contributed by atoms with Gasteiger partial charge in [-0.3, -0.25) is 14.4 Å². The van der Waals surface area contributed by atoms with Gasteiger partial charge in [0.1, 0.15) is 18.2 Å². The molecule has 0 aromatic carbocycles. The van der Waals surface area contributed by atoms with Crippen molar-refractivity contribution in [2.24, 2.45) is 17.3 Å². The van der Waals surface area contributed by atoms with Gasteiger partial charge < -0.3 is 24.4 Å². The Morgan fingerprint density at radius 1 is 1.30 bits per heavy atom. The van der Waals surface area contributed by atoms with Gasteiger partial charge in [0.2, 0.25) is 11.8 Å².